The van der Waals surface area contributed by atoms with Gasteiger partial charge in [0.1, 0.15) is 11.5 Å². The third-order valence-electron chi connectivity index (χ3n) is 4.89. The van der Waals surface area contributed by atoms with Gasteiger partial charge in [0, 0.05) is 44.0 Å². The van der Waals surface area contributed by atoms with Crippen LogP contribution in [0.15, 0.2) is 23.2 Å². The summed E-state index contributed by atoms with van der Waals surface area (Å²) in [5.74, 6) is 2.48. The molecule has 0 aromatic heterocycles. The zero-order chi connectivity index (χ0) is 21.3. The largest absolute Gasteiger partial charge is 0.497 e. The van der Waals surface area contributed by atoms with Crippen LogP contribution in [0.1, 0.15) is 25.8 Å². The summed E-state index contributed by atoms with van der Waals surface area (Å²) in [5.41, 5.74) is 1.15. The van der Waals surface area contributed by atoms with Gasteiger partial charge in [0.05, 0.1) is 26.5 Å². The fraction of sp³-hybridized carbons (Fsp3) is 0.650. The maximum atomic E-state index is 11.7. The molecule has 10 heteroatoms. The average molecular weight is 554 g/mol. The molecule has 1 atom stereocenters. The molecule has 1 fully saturated rings. The highest BCUT2D eigenvalue weighted by Gasteiger charge is 2.23. The smallest absolute Gasteiger partial charge is 0.191 e. The van der Waals surface area contributed by atoms with Gasteiger partial charge in [-0.3, -0.25) is 9.89 Å². The quantitative estimate of drug-likeness (QED) is 0.259. The Bertz CT molecular complexity index is 767. The van der Waals surface area contributed by atoms with E-state index in [2.05, 4.69) is 20.5 Å². The lowest BCUT2D eigenvalue weighted by molar-refractivity contribution is 0.321. The molecule has 1 saturated heterocycles. The molecule has 1 aromatic carbocycles. The molecule has 1 aliphatic heterocycles. The fourth-order valence-corrected chi connectivity index (χ4v) is 3.92. The van der Waals surface area contributed by atoms with Crippen molar-refractivity contribution in [2.24, 2.45) is 4.99 Å². The summed E-state index contributed by atoms with van der Waals surface area (Å²) >= 11 is 0. The lowest BCUT2D eigenvalue weighted by Gasteiger charge is -2.19. The summed E-state index contributed by atoms with van der Waals surface area (Å²) in [4.78, 5) is 6.80. The number of nitrogens with zero attached hydrogens (tertiary/aromatic N) is 2. The molecule has 172 valence electrons. The van der Waals surface area contributed by atoms with Crippen LogP contribution in [0, 0.1) is 0 Å². The summed E-state index contributed by atoms with van der Waals surface area (Å²) in [7, 11) is 0.305. The third-order valence-corrected chi connectivity index (χ3v) is 6.57. The number of ether oxygens (including phenoxy) is 2. The monoisotopic (exact) mass is 554 g/mol. The Morgan fingerprint density at radius 2 is 1.87 bits per heavy atom. The van der Waals surface area contributed by atoms with Crippen LogP contribution in [0.25, 0.3) is 0 Å². The average Bonchev–Trinajstić information content (AvgIpc) is 3.14. The number of benzene rings is 1. The van der Waals surface area contributed by atoms with E-state index in [1.807, 2.05) is 25.1 Å². The van der Waals surface area contributed by atoms with Crippen molar-refractivity contribution in [3.8, 4) is 11.5 Å². The number of halogens is 1. The summed E-state index contributed by atoms with van der Waals surface area (Å²) in [5, 5.41) is 6.64. The molecule has 8 nitrogen and oxygen atoms in total. The van der Waals surface area contributed by atoms with E-state index >= 15 is 0 Å². The maximum absolute atomic E-state index is 11.7. The second-order valence-corrected chi connectivity index (χ2v) is 9.56. The number of sulfone groups is 1. The highest BCUT2D eigenvalue weighted by molar-refractivity contribution is 14.0. The van der Waals surface area contributed by atoms with Gasteiger partial charge in [-0.15, -0.1) is 24.0 Å². The number of hydrogen-bond acceptors (Lipinski definition) is 6. The van der Waals surface area contributed by atoms with Gasteiger partial charge in [-0.05, 0) is 31.0 Å². The fourth-order valence-electron chi connectivity index (χ4n) is 3.26. The first-order chi connectivity index (χ1) is 13.9. The molecule has 0 spiro atoms. The van der Waals surface area contributed by atoms with Gasteiger partial charge >= 0.3 is 0 Å². The maximum Gasteiger partial charge on any atom is 0.191 e. The number of hydrogen-bond donors (Lipinski definition) is 2. The summed E-state index contributed by atoms with van der Waals surface area (Å²) in [6.45, 7) is 7.33. The molecule has 1 heterocycles. The Hall–Kier alpha value is -1.27. The standard InChI is InChI=1S/C20H34N4O4S.HI/c1-5-21-20(22-8-10-29(25,26)6-2)23-17-7-9-24(15-17)14-16-11-18(27-3)13-19(12-16)28-4;/h11-13,17H,5-10,14-15H2,1-4H3,(H2,21,22,23);1H. The Kier molecular flexibility index (Phi) is 11.8. The normalized spacial score (nSPS) is 17.3. The van der Waals surface area contributed by atoms with Crippen molar-refractivity contribution in [2.75, 3.05) is 51.9 Å². The Morgan fingerprint density at radius 3 is 2.43 bits per heavy atom. The summed E-state index contributed by atoms with van der Waals surface area (Å²) < 4.78 is 34.0. The highest BCUT2D eigenvalue weighted by atomic mass is 127. The van der Waals surface area contributed by atoms with Crippen molar-refractivity contribution in [1.29, 1.82) is 0 Å². The van der Waals surface area contributed by atoms with E-state index in [1.54, 1.807) is 21.1 Å². The molecule has 1 aromatic rings. The van der Waals surface area contributed by atoms with E-state index < -0.39 is 9.84 Å². The minimum atomic E-state index is -3.00. The van der Waals surface area contributed by atoms with Crippen LogP contribution in [0.5, 0.6) is 11.5 Å². The second kappa shape index (κ2) is 13.2. The third kappa shape index (κ3) is 8.84. The zero-order valence-electron chi connectivity index (χ0n) is 18.3. The molecule has 2 rings (SSSR count). The van der Waals surface area contributed by atoms with Crippen molar-refractivity contribution in [2.45, 2.75) is 32.9 Å². The summed E-state index contributed by atoms with van der Waals surface area (Å²) in [6, 6.07) is 6.20. The SMILES string of the molecule is CCNC(=NCCS(=O)(=O)CC)NC1CCN(Cc2cc(OC)cc(OC)c2)C1.I. The van der Waals surface area contributed by atoms with Crippen LogP contribution >= 0.6 is 24.0 Å². The highest BCUT2D eigenvalue weighted by Crippen LogP contribution is 2.24. The first kappa shape index (κ1) is 26.8. The predicted octanol–water partition coefficient (Wildman–Crippen LogP) is 1.89. The van der Waals surface area contributed by atoms with Crippen molar-refractivity contribution in [3.63, 3.8) is 0 Å². The molecule has 0 aliphatic carbocycles. The van der Waals surface area contributed by atoms with Crippen LogP contribution < -0.4 is 20.1 Å². The van der Waals surface area contributed by atoms with E-state index in [1.165, 1.54) is 0 Å². The van der Waals surface area contributed by atoms with Gasteiger partial charge in [-0.1, -0.05) is 6.92 Å². The van der Waals surface area contributed by atoms with Gasteiger partial charge in [0.15, 0.2) is 15.8 Å². The summed E-state index contributed by atoms with van der Waals surface area (Å²) in [6.07, 6.45) is 0.999. The molecule has 0 radical (unpaired) electrons. The van der Waals surface area contributed by atoms with E-state index in [-0.39, 0.29) is 48.1 Å². The van der Waals surface area contributed by atoms with Gasteiger partial charge in [-0.2, -0.15) is 0 Å². The van der Waals surface area contributed by atoms with Gasteiger partial charge in [0.25, 0.3) is 0 Å². The van der Waals surface area contributed by atoms with Crippen LogP contribution in [-0.2, 0) is 16.4 Å². The molecule has 1 unspecified atom stereocenters. The van der Waals surface area contributed by atoms with Gasteiger partial charge < -0.3 is 20.1 Å². The van der Waals surface area contributed by atoms with Crippen LogP contribution in [0.4, 0.5) is 0 Å². The molecule has 2 N–H and O–H groups in total. The van der Waals surface area contributed by atoms with E-state index in [9.17, 15) is 8.42 Å². The van der Waals surface area contributed by atoms with Crippen molar-refractivity contribution >= 4 is 39.8 Å². The lowest BCUT2D eigenvalue weighted by atomic mass is 10.2. The molecular formula is C20H35IN4O4S. The lowest BCUT2D eigenvalue weighted by Crippen LogP contribution is -2.44. The first-order valence-corrected chi connectivity index (χ1v) is 11.9. The van der Waals surface area contributed by atoms with Crippen LogP contribution in [0.3, 0.4) is 0 Å². The molecule has 0 amide bonds. The molecule has 1 aliphatic rings. The minimum absolute atomic E-state index is 0. The topological polar surface area (TPSA) is 92.3 Å². The Balaban J connectivity index is 0.00000450. The molecule has 0 saturated carbocycles. The van der Waals surface area contributed by atoms with Crippen molar-refractivity contribution in [3.05, 3.63) is 23.8 Å². The number of nitrogens with one attached hydrogen (secondary N) is 2. The number of guanidine groups is 1. The Morgan fingerprint density at radius 1 is 1.20 bits per heavy atom. The number of likely N-dealkylation sites (tertiary alicyclic amines) is 1. The first-order valence-electron chi connectivity index (χ1n) is 10.1. The number of aliphatic imine (C=N–C) groups is 1. The van der Waals surface area contributed by atoms with Gasteiger partial charge in [0.2, 0.25) is 0 Å². The molecule has 0 bridgehead atoms. The van der Waals surface area contributed by atoms with E-state index in [0.717, 1.165) is 49.7 Å². The van der Waals surface area contributed by atoms with E-state index in [0.29, 0.717) is 5.96 Å². The second-order valence-electron chi connectivity index (χ2n) is 7.08. The van der Waals surface area contributed by atoms with Crippen LogP contribution in [-0.4, -0.2) is 77.2 Å². The number of methoxy groups -OCH3 is 2. The van der Waals surface area contributed by atoms with Gasteiger partial charge in [-0.25, -0.2) is 8.42 Å². The van der Waals surface area contributed by atoms with Crippen molar-refractivity contribution < 1.29 is 17.9 Å². The zero-order valence-corrected chi connectivity index (χ0v) is 21.5. The number of rotatable bonds is 10. The van der Waals surface area contributed by atoms with Crippen LogP contribution in [0.2, 0.25) is 0 Å². The molecule has 30 heavy (non-hydrogen) atoms. The Labute approximate surface area is 197 Å². The predicted molar refractivity (Wildman–Crippen MR) is 132 cm³/mol. The van der Waals surface area contributed by atoms with Crippen molar-refractivity contribution in [1.82, 2.24) is 15.5 Å². The van der Waals surface area contributed by atoms with E-state index in [4.69, 9.17) is 9.47 Å². The minimum Gasteiger partial charge on any atom is -0.497 e. The molecular weight excluding hydrogens is 519 g/mol.